The molecule has 0 bridgehead atoms. The van der Waals surface area contributed by atoms with Crippen molar-refractivity contribution in [1.29, 1.82) is 0 Å². The van der Waals surface area contributed by atoms with E-state index in [1.165, 1.54) is 0 Å². The third-order valence-corrected chi connectivity index (χ3v) is 5.15. The van der Waals surface area contributed by atoms with Gasteiger partial charge in [-0.2, -0.15) is 0 Å². The van der Waals surface area contributed by atoms with Gasteiger partial charge in [-0.05, 0) is 47.6 Å². The van der Waals surface area contributed by atoms with Gasteiger partial charge in [0.1, 0.15) is 5.75 Å². The molecule has 2 rings (SSSR count). The zero-order valence-electron chi connectivity index (χ0n) is 15.8. The molecule has 0 radical (unpaired) electrons. The lowest BCUT2D eigenvalue weighted by molar-refractivity contribution is -0.137. The van der Waals surface area contributed by atoms with E-state index < -0.39 is 12.0 Å². The first-order chi connectivity index (χ1) is 12.9. The van der Waals surface area contributed by atoms with Gasteiger partial charge in [-0.3, -0.25) is 9.59 Å². The molecule has 2 aromatic rings. The fourth-order valence-corrected chi connectivity index (χ4v) is 3.25. The van der Waals surface area contributed by atoms with Gasteiger partial charge >= 0.3 is 5.97 Å². The minimum absolute atomic E-state index is 0.0141. The summed E-state index contributed by atoms with van der Waals surface area (Å²) in [6, 6.07) is 14.7. The highest BCUT2D eigenvalue weighted by Gasteiger charge is 2.20. The van der Waals surface area contributed by atoms with E-state index in [4.69, 9.17) is 4.74 Å². The number of thioether (sulfide) groups is 1. The van der Waals surface area contributed by atoms with Gasteiger partial charge in [0.25, 0.3) is 0 Å². The van der Waals surface area contributed by atoms with Gasteiger partial charge in [0.2, 0.25) is 5.91 Å². The molecule has 27 heavy (non-hydrogen) atoms. The van der Waals surface area contributed by atoms with Crippen LogP contribution in [0.3, 0.4) is 0 Å². The standard InChI is InChI=1S/C21H25NO4S/c1-14(15-4-8-17(26-2)9-5-15)12-20(23)22-19(13-21(24)25)16-6-10-18(27-3)11-7-16/h4-11,14,19H,12-13H2,1-3H3,(H,22,23)(H,24,25). The Balaban J connectivity index is 2.04. The van der Waals surface area contributed by atoms with E-state index in [2.05, 4.69) is 5.32 Å². The summed E-state index contributed by atoms with van der Waals surface area (Å²) in [5.74, 6) is -0.332. The molecule has 1 amide bonds. The highest BCUT2D eigenvalue weighted by molar-refractivity contribution is 7.98. The highest BCUT2D eigenvalue weighted by atomic mass is 32.2. The summed E-state index contributed by atoms with van der Waals surface area (Å²) in [5, 5.41) is 12.1. The number of carbonyl (C=O) groups excluding carboxylic acids is 1. The molecule has 2 aromatic carbocycles. The summed E-state index contributed by atoms with van der Waals surface area (Å²) in [6.45, 7) is 1.97. The van der Waals surface area contributed by atoms with Crippen LogP contribution in [0.2, 0.25) is 0 Å². The van der Waals surface area contributed by atoms with E-state index in [0.717, 1.165) is 21.8 Å². The topological polar surface area (TPSA) is 75.6 Å². The monoisotopic (exact) mass is 387 g/mol. The van der Waals surface area contributed by atoms with Crippen molar-refractivity contribution in [3.05, 3.63) is 59.7 Å². The molecule has 0 aliphatic heterocycles. The SMILES string of the molecule is COc1ccc(C(C)CC(=O)NC(CC(=O)O)c2ccc(SC)cc2)cc1. The van der Waals surface area contributed by atoms with E-state index in [0.29, 0.717) is 0 Å². The molecule has 144 valence electrons. The molecule has 0 fully saturated rings. The smallest absolute Gasteiger partial charge is 0.305 e. The van der Waals surface area contributed by atoms with Crippen LogP contribution >= 0.6 is 11.8 Å². The normalized spacial score (nSPS) is 12.9. The summed E-state index contributed by atoms with van der Waals surface area (Å²) in [4.78, 5) is 24.8. The number of aliphatic carboxylic acids is 1. The minimum Gasteiger partial charge on any atom is -0.497 e. The van der Waals surface area contributed by atoms with Gasteiger partial charge in [0.05, 0.1) is 19.6 Å². The second-order valence-electron chi connectivity index (χ2n) is 6.37. The number of hydrogen-bond acceptors (Lipinski definition) is 4. The molecule has 0 aromatic heterocycles. The third kappa shape index (κ3) is 6.32. The van der Waals surface area contributed by atoms with E-state index in [1.54, 1.807) is 18.9 Å². The van der Waals surface area contributed by atoms with Crippen molar-refractivity contribution in [2.75, 3.05) is 13.4 Å². The largest absolute Gasteiger partial charge is 0.497 e. The third-order valence-electron chi connectivity index (χ3n) is 4.41. The van der Waals surface area contributed by atoms with Gasteiger partial charge in [0.15, 0.2) is 0 Å². The van der Waals surface area contributed by atoms with Crippen LogP contribution in [0.25, 0.3) is 0 Å². The van der Waals surface area contributed by atoms with E-state index in [9.17, 15) is 14.7 Å². The lowest BCUT2D eigenvalue weighted by atomic mass is 9.96. The molecule has 2 unspecified atom stereocenters. The molecular weight excluding hydrogens is 362 g/mol. The van der Waals surface area contributed by atoms with E-state index >= 15 is 0 Å². The van der Waals surface area contributed by atoms with Crippen LogP contribution in [0.4, 0.5) is 0 Å². The van der Waals surface area contributed by atoms with Crippen LogP contribution in [0.1, 0.15) is 42.9 Å². The lowest BCUT2D eigenvalue weighted by Gasteiger charge is -2.19. The number of amides is 1. The van der Waals surface area contributed by atoms with Gasteiger partial charge < -0.3 is 15.2 Å². The maximum atomic E-state index is 12.5. The van der Waals surface area contributed by atoms with Gasteiger partial charge in [-0.15, -0.1) is 11.8 Å². The Hall–Kier alpha value is -2.47. The summed E-state index contributed by atoms with van der Waals surface area (Å²) in [7, 11) is 1.61. The number of carbonyl (C=O) groups is 2. The molecule has 2 atom stereocenters. The second-order valence-corrected chi connectivity index (χ2v) is 7.25. The minimum atomic E-state index is -0.947. The Kier molecular flexibility index (Phi) is 7.73. The van der Waals surface area contributed by atoms with Crippen LogP contribution in [0.5, 0.6) is 5.75 Å². The molecule has 6 heteroatoms. The number of nitrogens with one attached hydrogen (secondary N) is 1. The van der Waals surface area contributed by atoms with Crippen molar-refractivity contribution in [1.82, 2.24) is 5.32 Å². The molecule has 5 nitrogen and oxygen atoms in total. The zero-order chi connectivity index (χ0) is 19.8. The van der Waals surface area contributed by atoms with Crippen LogP contribution in [0.15, 0.2) is 53.4 Å². The predicted molar refractivity (Wildman–Crippen MR) is 107 cm³/mol. The van der Waals surface area contributed by atoms with Crippen LogP contribution in [-0.4, -0.2) is 30.3 Å². The van der Waals surface area contributed by atoms with Crippen molar-refractivity contribution in [2.24, 2.45) is 0 Å². The Bertz CT molecular complexity index is 759. The Labute approximate surface area is 164 Å². The molecule has 0 aliphatic carbocycles. The quantitative estimate of drug-likeness (QED) is 0.629. The number of carboxylic acids is 1. The summed E-state index contributed by atoms with van der Waals surface area (Å²) < 4.78 is 5.15. The second kappa shape index (κ2) is 10.0. The lowest BCUT2D eigenvalue weighted by Crippen LogP contribution is -2.30. The number of benzene rings is 2. The predicted octanol–water partition coefficient (Wildman–Crippen LogP) is 4.24. The molecule has 0 aliphatic rings. The number of ether oxygens (including phenoxy) is 1. The van der Waals surface area contributed by atoms with Crippen molar-refractivity contribution < 1.29 is 19.4 Å². The molecule has 0 saturated heterocycles. The number of methoxy groups -OCH3 is 1. The van der Waals surface area contributed by atoms with Gasteiger partial charge in [-0.1, -0.05) is 31.2 Å². The maximum Gasteiger partial charge on any atom is 0.305 e. The zero-order valence-corrected chi connectivity index (χ0v) is 16.6. The average Bonchev–Trinajstić information content (AvgIpc) is 2.67. The number of rotatable bonds is 9. The number of carboxylic acid groups (broad SMARTS) is 1. The van der Waals surface area contributed by atoms with Crippen LogP contribution in [-0.2, 0) is 9.59 Å². The van der Waals surface area contributed by atoms with Gasteiger partial charge in [0, 0.05) is 11.3 Å². The van der Waals surface area contributed by atoms with Gasteiger partial charge in [-0.25, -0.2) is 0 Å². The summed E-state index contributed by atoms with van der Waals surface area (Å²) in [6.07, 6.45) is 2.11. The van der Waals surface area contributed by atoms with Crippen LogP contribution < -0.4 is 10.1 Å². The van der Waals surface area contributed by atoms with Crippen LogP contribution in [0, 0.1) is 0 Å². The molecule has 0 saturated carbocycles. The highest BCUT2D eigenvalue weighted by Crippen LogP contribution is 2.24. The summed E-state index contributed by atoms with van der Waals surface area (Å²) >= 11 is 1.61. The fraction of sp³-hybridized carbons (Fsp3) is 0.333. The Morgan fingerprint density at radius 1 is 1.04 bits per heavy atom. The average molecular weight is 388 g/mol. The molecular formula is C21H25NO4S. The van der Waals surface area contributed by atoms with Crippen molar-refractivity contribution in [2.45, 2.75) is 36.6 Å². The van der Waals surface area contributed by atoms with E-state index in [-0.39, 0.29) is 24.7 Å². The number of hydrogen-bond donors (Lipinski definition) is 2. The Morgan fingerprint density at radius 3 is 2.15 bits per heavy atom. The molecule has 2 N–H and O–H groups in total. The van der Waals surface area contributed by atoms with Crippen molar-refractivity contribution in [3.63, 3.8) is 0 Å². The fourth-order valence-electron chi connectivity index (χ4n) is 2.84. The first-order valence-electron chi connectivity index (χ1n) is 8.72. The molecule has 0 heterocycles. The summed E-state index contributed by atoms with van der Waals surface area (Å²) in [5.41, 5.74) is 1.82. The maximum absolute atomic E-state index is 12.5. The van der Waals surface area contributed by atoms with E-state index in [1.807, 2.05) is 61.7 Å². The van der Waals surface area contributed by atoms with Crippen molar-refractivity contribution >= 4 is 23.6 Å². The van der Waals surface area contributed by atoms with Crippen molar-refractivity contribution in [3.8, 4) is 5.75 Å². The Morgan fingerprint density at radius 2 is 1.63 bits per heavy atom. The first-order valence-corrected chi connectivity index (χ1v) is 9.94. The molecule has 0 spiro atoms. The first kappa shape index (κ1) is 20.8.